The third-order valence-electron chi connectivity index (χ3n) is 4.41. The minimum atomic E-state index is -0.492. The Labute approximate surface area is 180 Å². The van der Waals surface area contributed by atoms with Crippen LogP contribution in [0.5, 0.6) is 5.75 Å². The van der Waals surface area contributed by atoms with Gasteiger partial charge in [0.1, 0.15) is 5.75 Å². The Hall–Kier alpha value is -4.26. The van der Waals surface area contributed by atoms with Gasteiger partial charge >= 0.3 is 5.91 Å². The third-order valence-corrected chi connectivity index (χ3v) is 4.41. The SMILES string of the molecule is CCOc1ccc(C=NNC(=O)c2nc(-c3ccccc3)n(-c3ccccc3)n2)cc1. The molecule has 0 spiro atoms. The van der Waals surface area contributed by atoms with Gasteiger partial charge in [0.25, 0.3) is 0 Å². The van der Waals surface area contributed by atoms with Gasteiger partial charge in [-0.1, -0.05) is 48.5 Å². The second kappa shape index (κ2) is 9.49. The molecule has 1 N–H and O–H groups in total. The number of hydrazone groups is 1. The van der Waals surface area contributed by atoms with Crippen LogP contribution < -0.4 is 10.2 Å². The fourth-order valence-corrected chi connectivity index (χ4v) is 2.96. The van der Waals surface area contributed by atoms with E-state index < -0.39 is 5.91 Å². The van der Waals surface area contributed by atoms with E-state index in [1.807, 2.05) is 91.9 Å². The second-order valence-corrected chi connectivity index (χ2v) is 6.57. The number of carbonyl (C=O) groups is 1. The van der Waals surface area contributed by atoms with E-state index in [1.165, 1.54) is 0 Å². The molecule has 4 aromatic rings. The van der Waals surface area contributed by atoms with E-state index >= 15 is 0 Å². The largest absolute Gasteiger partial charge is 0.494 e. The zero-order valence-corrected chi connectivity index (χ0v) is 17.0. The maximum Gasteiger partial charge on any atom is 0.311 e. The fraction of sp³-hybridized carbons (Fsp3) is 0.0833. The van der Waals surface area contributed by atoms with Crippen molar-refractivity contribution in [3.63, 3.8) is 0 Å². The van der Waals surface area contributed by atoms with E-state index in [0.29, 0.717) is 12.4 Å². The molecule has 0 atom stereocenters. The number of carbonyl (C=O) groups excluding carboxylic acids is 1. The van der Waals surface area contributed by atoms with Crippen LogP contribution in [0.1, 0.15) is 23.1 Å². The number of aromatic nitrogens is 3. The van der Waals surface area contributed by atoms with Gasteiger partial charge in [0, 0.05) is 5.56 Å². The zero-order chi connectivity index (χ0) is 21.5. The van der Waals surface area contributed by atoms with Gasteiger partial charge in [-0.2, -0.15) is 5.10 Å². The average molecular weight is 411 g/mol. The highest BCUT2D eigenvalue weighted by Gasteiger charge is 2.18. The van der Waals surface area contributed by atoms with Crippen molar-refractivity contribution >= 4 is 12.1 Å². The number of rotatable bonds is 7. The van der Waals surface area contributed by atoms with Gasteiger partial charge in [0.2, 0.25) is 5.82 Å². The Kier molecular flexibility index (Phi) is 6.13. The van der Waals surface area contributed by atoms with E-state index in [9.17, 15) is 4.79 Å². The van der Waals surface area contributed by atoms with Crippen molar-refractivity contribution in [3.8, 4) is 22.8 Å². The molecule has 0 aliphatic heterocycles. The van der Waals surface area contributed by atoms with Crippen LogP contribution in [0.2, 0.25) is 0 Å². The Morgan fingerprint density at radius 3 is 2.35 bits per heavy atom. The topological polar surface area (TPSA) is 81.4 Å². The molecule has 0 saturated carbocycles. The van der Waals surface area contributed by atoms with E-state index in [1.54, 1.807) is 10.9 Å². The molecule has 0 aliphatic carbocycles. The first-order valence-electron chi connectivity index (χ1n) is 9.89. The van der Waals surface area contributed by atoms with Crippen molar-refractivity contribution in [2.45, 2.75) is 6.92 Å². The third kappa shape index (κ3) is 4.84. The Bertz CT molecular complexity index is 1110. The van der Waals surface area contributed by atoms with Crippen LogP contribution in [0.15, 0.2) is 90.0 Å². The Balaban J connectivity index is 1.55. The van der Waals surface area contributed by atoms with Gasteiger partial charge in [0.15, 0.2) is 5.82 Å². The van der Waals surface area contributed by atoms with Crippen LogP contribution in [0.3, 0.4) is 0 Å². The van der Waals surface area contributed by atoms with E-state index in [0.717, 1.165) is 22.6 Å². The molecule has 0 bridgehead atoms. The van der Waals surface area contributed by atoms with Gasteiger partial charge in [0.05, 0.1) is 18.5 Å². The number of hydrogen-bond donors (Lipinski definition) is 1. The number of ether oxygens (including phenoxy) is 1. The first-order valence-corrected chi connectivity index (χ1v) is 9.89. The lowest BCUT2D eigenvalue weighted by molar-refractivity contribution is 0.0945. The highest BCUT2D eigenvalue weighted by Crippen LogP contribution is 2.21. The second-order valence-electron chi connectivity index (χ2n) is 6.57. The normalized spacial score (nSPS) is 10.9. The van der Waals surface area contributed by atoms with Gasteiger partial charge in [-0.3, -0.25) is 4.79 Å². The van der Waals surface area contributed by atoms with Crippen molar-refractivity contribution in [1.82, 2.24) is 20.2 Å². The maximum absolute atomic E-state index is 12.6. The standard InChI is InChI=1S/C24H21N5O2/c1-2-31-21-15-13-18(14-16-21)17-25-27-24(30)22-26-23(19-9-5-3-6-10-19)29(28-22)20-11-7-4-8-12-20/h3-17H,2H2,1H3,(H,27,30). The van der Waals surface area contributed by atoms with Crippen molar-refractivity contribution in [1.29, 1.82) is 0 Å². The molecule has 1 amide bonds. The van der Waals surface area contributed by atoms with Crippen molar-refractivity contribution in [3.05, 3.63) is 96.3 Å². The molecule has 31 heavy (non-hydrogen) atoms. The van der Waals surface area contributed by atoms with Crippen LogP contribution in [0, 0.1) is 0 Å². The molecule has 0 unspecified atom stereocenters. The van der Waals surface area contributed by atoms with E-state index in [-0.39, 0.29) is 5.82 Å². The minimum Gasteiger partial charge on any atom is -0.494 e. The first kappa shape index (κ1) is 20.0. The summed E-state index contributed by atoms with van der Waals surface area (Å²) in [6.07, 6.45) is 1.56. The summed E-state index contributed by atoms with van der Waals surface area (Å²) >= 11 is 0. The molecule has 3 aromatic carbocycles. The van der Waals surface area contributed by atoms with E-state index in [2.05, 4.69) is 20.6 Å². The molecule has 0 radical (unpaired) electrons. The summed E-state index contributed by atoms with van der Waals surface area (Å²) in [6.45, 7) is 2.54. The number of nitrogens with one attached hydrogen (secondary N) is 1. The van der Waals surface area contributed by atoms with Crippen molar-refractivity contribution < 1.29 is 9.53 Å². The molecule has 7 nitrogen and oxygen atoms in total. The summed E-state index contributed by atoms with van der Waals surface area (Å²) in [7, 11) is 0. The Morgan fingerprint density at radius 2 is 1.68 bits per heavy atom. The highest BCUT2D eigenvalue weighted by atomic mass is 16.5. The van der Waals surface area contributed by atoms with Gasteiger partial charge < -0.3 is 4.74 Å². The van der Waals surface area contributed by atoms with Crippen molar-refractivity contribution in [2.75, 3.05) is 6.61 Å². The van der Waals surface area contributed by atoms with Gasteiger partial charge in [-0.05, 0) is 48.9 Å². The molecule has 0 saturated heterocycles. The van der Waals surface area contributed by atoms with Crippen LogP contribution >= 0.6 is 0 Å². The van der Waals surface area contributed by atoms with E-state index in [4.69, 9.17) is 4.74 Å². The van der Waals surface area contributed by atoms with Crippen LogP contribution in [0.4, 0.5) is 0 Å². The molecule has 1 heterocycles. The predicted molar refractivity (Wildman–Crippen MR) is 119 cm³/mol. The molecular weight excluding hydrogens is 390 g/mol. The lowest BCUT2D eigenvalue weighted by atomic mass is 10.2. The highest BCUT2D eigenvalue weighted by molar-refractivity contribution is 5.92. The smallest absolute Gasteiger partial charge is 0.311 e. The maximum atomic E-state index is 12.6. The number of hydrogen-bond acceptors (Lipinski definition) is 5. The summed E-state index contributed by atoms with van der Waals surface area (Å²) in [5.41, 5.74) is 4.99. The molecule has 0 aliphatic rings. The lowest BCUT2D eigenvalue weighted by Crippen LogP contribution is -2.19. The predicted octanol–water partition coefficient (Wildman–Crippen LogP) is 4.10. The van der Waals surface area contributed by atoms with Crippen LogP contribution in [-0.4, -0.2) is 33.5 Å². The minimum absolute atomic E-state index is 0.0338. The fourth-order valence-electron chi connectivity index (χ4n) is 2.96. The molecule has 154 valence electrons. The molecule has 0 fully saturated rings. The summed E-state index contributed by atoms with van der Waals surface area (Å²) in [5, 5.41) is 8.44. The summed E-state index contributed by atoms with van der Waals surface area (Å²) < 4.78 is 7.07. The number of nitrogens with zero attached hydrogens (tertiary/aromatic N) is 4. The molecular formula is C24H21N5O2. The van der Waals surface area contributed by atoms with Gasteiger partial charge in [-0.25, -0.2) is 15.1 Å². The molecule has 4 rings (SSSR count). The molecule has 1 aromatic heterocycles. The number of amides is 1. The lowest BCUT2D eigenvalue weighted by Gasteiger charge is -2.05. The molecule has 7 heteroatoms. The summed E-state index contributed by atoms with van der Waals surface area (Å²) in [4.78, 5) is 17.1. The zero-order valence-electron chi connectivity index (χ0n) is 17.0. The number of benzene rings is 3. The van der Waals surface area contributed by atoms with Crippen LogP contribution in [0.25, 0.3) is 17.1 Å². The number of para-hydroxylation sites is 1. The summed E-state index contributed by atoms with van der Waals surface area (Å²) in [5.74, 6) is 0.904. The Morgan fingerprint density at radius 1 is 1.00 bits per heavy atom. The average Bonchev–Trinajstić information content (AvgIpc) is 3.27. The van der Waals surface area contributed by atoms with Crippen molar-refractivity contribution in [2.24, 2.45) is 5.10 Å². The monoisotopic (exact) mass is 411 g/mol. The quantitative estimate of drug-likeness (QED) is 0.367. The van der Waals surface area contributed by atoms with Crippen LogP contribution in [-0.2, 0) is 0 Å². The first-order chi connectivity index (χ1) is 15.2. The summed E-state index contributed by atoms with van der Waals surface area (Å²) in [6, 6.07) is 26.6. The van der Waals surface area contributed by atoms with Gasteiger partial charge in [-0.15, -0.1) is 5.10 Å².